The van der Waals surface area contributed by atoms with Crippen molar-refractivity contribution in [1.29, 1.82) is 0 Å². The van der Waals surface area contributed by atoms with E-state index in [-0.39, 0.29) is 38.7 Å². The molecule has 5 aromatic carbocycles. The summed E-state index contributed by atoms with van der Waals surface area (Å²) in [6.07, 6.45) is 0.661. The van der Waals surface area contributed by atoms with Crippen LogP contribution in [0.4, 0.5) is 0 Å². The molecule has 0 spiro atoms. The molecular weight excluding hydrogens is 719 g/mol. The van der Waals surface area contributed by atoms with Crippen LogP contribution in [0.2, 0.25) is 0 Å². The lowest BCUT2D eigenvalue weighted by Crippen LogP contribution is -2.57. The van der Waals surface area contributed by atoms with Gasteiger partial charge in [-0.3, -0.25) is 24.0 Å². The second-order valence-corrected chi connectivity index (χ2v) is 14.5. The van der Waals surface area contributed by atoms with Crippen molar-refractivity contribution in [2.75, 3.05) is 13.7 Å². The molecule has 0 fully saturated rings. The lowest BCUT2D eigenvalue weighted by molar-refractivity contribution is -0.144. The van der Waals surface area contributed by atoms with Gasteiger partial charge in [-0.25, -0.2) is 0 Å². The van der Waals surface area contributed by atoms with E-state index in [2.05, 4.69) is 10.6 Å². The first-order chi connectivity index (χ1) is 27.6. The monoisotopic (exact) mass is 765 g/mol. The van der Waals surface area contributed by atoms with Crippen LogP contribution in [0.25, 0.3) is 11.1 Å². The highest BCUT2D eigenvalue weighted by Crippen LogP contribution is 2.22. The number of fused-ring (bicyclic) bond motifs is 16. The van der Waals surface area contributed by atoms with Gasteiger partial charge in [-0.15, -0.1) is 0 Å². The molecule has 0 unspecified atom stereocenters. The molecule has 3 N–H and O–H groups in total. The molecule has 10 heteroatoms. The van der Waals surface area contributed by atoms with E-state index in [1.54, 1.807) is 24.3 Å². The minimum Gasteiger partial charge on any atom is -0.484 e. The molecule has 10 nitrogen and oxygen atoms in total. The zero-order valence-corrected chi connectivity index (χ0v) is 31.9. The molecule has 0 saturated carbocycles. The Morgan fingerprint density at radius 2 is 1.21 bits per heavy atom. The number of nitrogens with one attached hydrogen (secondary N) is 2. The molecule has 57 heavy (non-hydrogen) atoms. The fourth-order valence-corrected chi connectivity index (χ4v) is 7.02. The summed E-state index contributed by atoms with van der Waals surface area (Å²) in [4.78, 5) is 70.4. The van der Waals surface area contributed by atoms with Crippen LogP contribution in [0.15, 0.2) is 140 Å². The van der Waals surface area contributed by atoms with Crippen molar-refractivity contribution in [3.8, 4) is 16.9 Å². The third-order valence-corrected chi connectivity index (χ3v) is 10.4. The Labute approximate surface area is 332 Å². The number of aliphatic carboxylic acids is 1. The summed E-state index contributed by atoms with van der Waals surface area (Å²) in [5.41, 5.74) is 5.20. The normalized spacial score (nSPS) is 19.7. The Balaban J connectivity index is 1.35. The van der Waals surface area contributed by atoms with Gasteiger partial charge in [0.1, 0.15) is 17.8 Å². The Morgan fingerprint density at radius 1 is 0.649 bits per heavy atom. The predicted octanol–water partition coefficient (Wildman–Crippen LogP) is 5.86. The molecule has 292 valence electrons. The molecule has 3 amide bonds. The van der Waals surface area contributed by atoms with Gasteiger partial charge in [-0.2, -0.15) is 0 Å². The summed E-state index contributed by atoms with van der Waals surface area (Å²) in [5, 5.41) is 16.1. The van der Waals surface area contributed by atoms with E-state index in [1.807, 2.05) is 115 Å². The molecule has 4 atom stereocenters. The maximum Gasteiger partial charge on any atom is 0.307 e. The average molecular weight is 766 g/mol. The zero-order valence-electron chi connectivity index (χ0n) is 31.9. The molecule has 2 heterocycles. The van der Waals surface area contributed by atoms with Crippen LogP contribution in [0, 0.1) is 5.92 Å². The standard InChI is InChI=1S/C47H47N3O7/c1-50-42(29-33-13-7-3-8-14-33)46(54)49-41(28-35-17-22-37(23-18-35)36-15-9-4-10-16-36)45(53)48-40(26-21-32-11-5-2-6-12-32)43(51)30-38(47(55)56)27-34-19-24-39(25-20-34)57-31-44(50)52/h2-20,22-25,38,40-42H,21,26-31H2,1H3,(H,48,53)(H,49,54)(H,55,56)/t38-,40+,41-,42+/m1/s1. The number of amides is 3. The first-order valence-electron chi connectivity index (χ1n) is 19.2. The van der Waals surface area contributed by atoms with Crippen molar-refractivity contribution in [3.05, 3.63) is 162 Å². The van der Waals surface area contributed by atoms with Crippen LogP contribution >= 0.6 is 0 Å². The predicted molar refractivity (Wildman–Crippen MR) is 217 cm³/mol. The van der Waals surface area contributed by atoms with Crippen molar-refractivity contribution in [2.45, 2.75) is 56.7 Å². The second-order valence-electron chi connectivity index (χ2n) is 14.5. The number of rotatable bonds is 9. The van der Waals surface area contributed by atoms with Crippen LogP contribution < -0.4 is 15.4 Å². The summed E-state index contributed by atoms with van der Waals surface area (Å²) in [7, 11) is 1.53. The number of likely N-dealkylation sites (N-methyl/N-ethyl adjacent to an activating group) is 1. The smallest absolute Gasteiger partial charge is 0.307 e. The number of carbonyl (C=O) groups excluding carboxylic acids is 4. The molecule has 5 aromatic rings. The number of hydrogen-bond donors (Lipinski definition) is 3. The van der Waals surface area contributed by atoms with E-state index in [1.165, 1.54) is 11.9 Å². The van der Waals surface area contributed by atoms with Gasteiger partial charge in [0.05, 0.1) is 12.0 Å². The van der Waals surface area contributed by atoms with Gasteiger partial charge >= 0.3 is 5.97 Å². The van der Waals surface area contributed by atoms with Crippen LogP contribution in [0.5, 0.6) is 5.75 Å². The van der Waals surface area contributed by atoms with E-state index < -0.39 is 53.5 Å². The number of aryl methyl sites for hydroxylation is 1. The lowest BCUT2D eigenvalue weighted by atomic mass is 9.90. The van der Waals surface area contributed by atoms with Crippen molar-refractivity contribution < 1.29 is 33.8 Å². The fraction of sp³-hybridized carbons (Fsp3) is 0.255. The molecule has 0 aliphatic carbocycles. The summed E-state index contributed by atoms with van der Waals surface area (Å²) in [6.45, 7) is -0.360. The molecule has 0 aromatic heterocycles. The van der Waals surface area contributed by atoms with E-state index >= 15 is 0 Å². The van der Waals surface area contributed by atoms with Gasteiger partial charge in [0.15, 0.2) is 12.4 Å². The number of carboxylic acids is 1. The van der Waals surface area contributed by atoms with Crippen LogP contribution in [-0.2, 0) is 49.7 Å². The van der Waals surface area contributed by atoms with Gasteiger partial charge in [0.25, 0.3) is 5.91 Å². The van der Waals surface area contributed by atoms with Gasteiger partial charge in [0.2, 0.25) is 11.8 Å². The van der Waals surface area contributed by atoms with Gasteiger partial charge in [0, 0.05) is 26.3 Å². The molecule has 2 bridgehead atoms. The minimum absolute atomic E-state index is 0.0706. The topological polar surface area (TPSA) is 142 Å². The summed E-state index contributed by atoms with van der Waals surface area (Å²) < 4.78 is 5.81. The fourth-order valence-electron chi connectivity index (χ4n) is 7.02. The minimum atomic E-state index is -1.15. The SMILES string of the molecule is CN1C(=O)COc2ccc(cc2)C[C@@H](C(=O)O)CC(=O)[C@H](CCc2ccccc2)NC(=O)[C@@H](Cc2ccc(-c3ccccc3)cc2)NC(=O)[C@@H]1Cc1ccccc1. The Morgan fingerprint density at radius 3 is 1.84 bits per heavy atom. The molecule has 2 aliphatic rings. The van der Waals surface area contributed by atoms with E-state index in [0.29, 0.717) is 17.7 Å². The van der Waals surface area contributed by atoms with E-state index in [4.69, 9.17) is 4.74 Å². The van der Waals surface area contributed by atoms with Crippen molar-refractivity contribution in [2.24, 2.45) is 5.92 Å². The number of carboxylic acid groups (broad SMARTS) is 1. The van der Waals surface area contributed by atoms with Crippen molar-refractivity contribution >= 4 is 29.5 Å². The lowest BCUT2D eigenvalue weighted by Gasteiger charge is -2.30. The summed E-state index contributed by atoms with van der Waals surface area (Å²) in [5.74, 6) is -3.84. The molecule has 7 rings (SSSR count). The highest BCUT2D eigenvalue weighted by atomic mass is 16.5. The molecule has 0 saturated heterocycles. The summed E-state index contributed by atoms with van der Waals surface area (Å²) in [6, 6.07) is 39.8. The highest BCUT2D eigenvalue weighted by molar-refractivity contribution is 5.96. The number of ketones is 1. The average Bonchev–Trinajstić information content (AvgIpc) is 3.24. The number of hydrogen-bond acceptors (Lipinski definition) is 6. The highest BCUT2D eigenvalue weighted by Gasteiger charge is 2.34. The third kappa shape index (κ3) is 11.3. The summed E-state index contributed by atoms with van der Waals surface area (Å²) >= 11 is 0. The van der Waals surface area contributed by atoms with Crippen LogP contribution in [-0.4, -0.2) is 71.3 Å². The quantitative estimate of drug-likeness (QED) is 0.160. The van der Waals surface area contributed by atoms with Gasteiger partial charge in [-0.05, 0) is 64.8 Å². The van der Waals surface area contributed by atoms with Crippen molar-refractivity contribution in [1.82, 2.24) is 15.5 Å². The number of nitrogens with zero attached hydrogens (tertiary/aromatic N) is 1. The largest absolute Gasteiger partial charge is 0.484 e. The Kier molecular flexibility index (Phi) is 13.6. The molecular formula is C47H47N3O7. The van der Waals surface area contributed by atoms with Gasteiger partial charge < -0.3 is 25.4 Å². The first-order valence-corrected chi connectivity index (χ1v) is 19.2. The van der Waals surface area contributed by atoms with Gasteiger partial charge in [-0.1, -0.05) is 127 Å². The number of Topliss-reactive ketones (excluding diaryl/α,β-unsaturated/α-hetero) is 1. The Hall–Kier alpha value is -6.55. The Bertz CT molecular complexity index is 2130. The first kappa shape index (κ1) is 40.1. The molecule has 2 aliphatic heterocycles. The van der Waals surface area contributed by atoms with Crippen LogP contribution in [0.1, 0.15) is 35.1 Å². The number of carbonyl (C=O) groups is 5. The second kappa shape index (κ2) is 19.4. The number of ether oxygens (including phenoxy) is 1. The molecule has 0 radical (unpaired) electrons. The van der Waals surface area contributed by atoms with Crippen molar-refractivity contribution in [3.63, 3.8) is 0 Å². The maximum atomic E-state index is 14.5. The third-order valence-electron chi connectivity index (χ3n) is 10.4. The number of benzene rings is 5. The van der Waals surface area contributed by atoms with E-state index in [9.17, 15) is 29.1 Å². The van der Waals surface area contributed by atoms with E-state index in [0.717, 1.165) is 27.8 Å². The zero-order chi connectivity index (χ0) is 40.1. The maximum absolute atomic E-state index is 14.5. The van der Waals surface area contributed by atoms with Crippen LogP contribution in [0.3, 0.4) is 0 Å².